The Morgan fingerprint density at radius 1 is 1.47 bits per heavy atom. The Kier molecular flexibility index (Phi) is 5.40. The molecule has 0 spiro atoms. The van der Waals surface area contributed by atoms with E-state index < -0.39 is 0 Å². The van der Waals surface area contributed by atoms with Gasteiger partial charge in [-0.2, -0.15) is 0 Å². The lowest BCUT2D eigenvalue weighted by Crippen LogP contribution is -2.21. The fourth-order valence-corrected chi connectivity index (χ4v) is 1.62. The van der Waals surface area contributed by atoms with Gasteiger partial charge in [0.25, 0.3) is 0 Å². The second-order valence-corrected chi connectivity index (χ2v) is 4.33. The molecule has 0 radical (unpaired) electrons. The molecule has 0 aromatic carbocycles. The number of hydrogen-bond acceptors (Lipinski definition) is 2. The van der Waals surface area contributed by atoms with E-state index in [-0.39, 0.29) is 0 Å². The van der Waals surface area contributed by atoms with Gasteiger partial charge in [-0.1, -0.05) is 13.8 Å². The molecule has 0 saturated heterocycles. The zero-order chi connectivity index (χ0) is 11.1. The first kappa shape index (κ1) is 12.2. The predicted molar refractivity (Wildman–Crippen MR) is 63.9 cm³/mol. The van der Waals surface area contributed by atoms with Gasteiger partial charge in [0.2, 0.25) is 0 Å². The molecule has 0 saturated carbocycles. The molecule has 0 amide bonds. The molecule has 1 heterocycles. The quantitative estimate of drug-likeness (QED) is 0.697. The van der Waals surface area contributed by atoms with Crippen molar-refractivity contribution in [2.75, 3.05) is 13.1 Å². The molecular weight excluding hydrogens is 186 g/mol. The number of aromatic nitrogens is 2. The Morgan fingerprint density at radius 2 is 2.27 bits per heavy atom. The summed E-state index contributed by atoms with van der Waals surface area (Å²) in [5.41, 5.74) is 0. The molecule has 0 aliphatic heterocycles. The lowest BCUT2D eigenvalue weighted by Gasteiger charge is -2.07. The molecule has 1 aromatic rings. The van der Waals surface area contributed by atoms with Crippen LogP contribution in [0.1, 0.15) is 33.0 Å². The summed E-state index contributed by atoms with van der Waals surface area (Å²) in [4.78, 5) is 4.35. The summed E-state index contributed by atoms with van der Waals surface area (Å²) in [6.07, 6.45) is 6.19. The van der Waals surface area contributed by atoms with Crippen LogP contribution in [-0.4, -0.2) is 22.6 Å². The van der Waals surface area contributed by atoms with Crippen molar-refractivity contribution in [3.05, 3.63) is 18.2 Å². The number of imidazole rings is 1. The Bertz CT molecular complexity index is 266. The first-order chi connectivity index (χ1) is 7.24. The molecule has 0 aliphatic rings. The predicted octanol–water partition coefficient (Wildman–Crippen LogP) is 2.08. The maximum atomic E-state index is 4.35. The van der Waals surface area contributed by atoms with Crippen LogP contribution in [0.25, 0.3) is 0 Å². The summed E-state index contributed by atoms with van der Waals surface area (Å²) in [6, 6.07) is 0. The molecule has 0 atom stereocenters. The van der Waals surface area contributed by atoms with Gasteiger partial charge in [0.05, 0.1) is 0 Å². The molecule has 1 rings (SSSR count). The Hall–Kier alpha value is -0.830. The number of hydrogen-bond donors (Lipinski definition) is 1. The first-order valence-corrected chi connectivity index (χ1v) is 5.94. The van der Waals surface area contributed by atoms with Crippen molar-refractivity contribution in [2.24, 2.45) is 5.92 Å². The van der Waals surface area contributed by atoms with Crippen molar-refractivity contribution >= 4 is 0 Å². The van der Waals surface area contributed by atoms with Crippen LogP contribution < -0.4 is 5.32 Å². The second kappa shape index (κ2) is 6.62. The molecule has 15 heavy (non-hydrogen) atoms. The van der Waals surface area contributed by atoms with Gasteiger partial charge in [0, 0.05) is 25.4 Å². The third-order valence-corrected chi connectivity index (χ3v) is 2.45. The summed E-state index contributed by atoms with van der Waals surface area (Å²) < 4.78 is 2.21. The summed E-state index contributed by atoms with van der Waals surface area (Å²) in [7, 11) is 0. The van der Waals surface area contributed by atoms with E-state index in [2.05, 4.69) is 41.8 Å². The SMILES string of the molecule is CCn1ccnc1CCCNCC(C)C. The van der Waals surface area contributed by atoms with Crippen molar-refractivity contribution in [3.8, 4) is 0 Å². The molecule has 0 fully saturated rings. The van der Waals surface area contributed by atoms with Crippen molar-refractivity contribution in [1.82, 2.24) is 14.9 Å². The highest BCUT2D eigenvalue weighted by molar-refractivity contribution is 4.92. The molecule has 1 aromatic heterocycles. The molecule has 3 heteroatoms. The third kappa shape index (κ3) is 4.47. The van der Waals surface area contributed by atoms with Crippen molar-refractivity contribution in [1.29, 1.82) is 0 Å². The number of nitrogens with one attached hydrogen (secondary N) is 1. The molecule has 86 valence electrons. The number of aryl methyl sites for hydroxylation is 2. The zero-order valence-electron chi connectivity index (χ0n) is 10.2. The van der Waals surface area contributed by atoms with Gasteiger partial charge in [0.1, 0.15) is 5.82 Å². The highest BCUT2D eigenvalue weighted by Gasteiger charge is 2.00. The largest absolute Gasteiger partial charge is 0.335 e. The molecule has 1 N–H and O–H groups in total. The van der Waals surface area contributed by atoms with E-state index in [0.29, 0.717) is 0 Å². The normalized spacial score (nSPS) is 11.2. The Balaban J connectivity index is 2.15. The van der Waals surface area contributed by atoms with Crippen LogP contribution in [-0.2, 0) is 13.0 Å². The van der Waals surface area contributed by atoms with Crippen molar-refractivity contribution in [2.45, 2.75) is 40.2 Å². The van der Waals surface area contributed by atoms with E-state index in [0.717, 1.165) is 32.0 Å². The minimum absolute atomic E-state index is 0.739. The highest BCUT2D eigenvalue weighted by atomic mass is 15.0. The third-order valence-electron chi connectivity index (χ3n) is 2.45. The molecule has 3 nitrogen and oxygen atoms in total. The fourth-order valence-electron chi connectivity index (χ4n) is 1.62. The van der Waals surface area contributed by atoms with Crippen LogP contribution in [0.3, 0.4) is 0 Å². The monoisotopic (exact) mass is 209 g/mol. The second-order valence-electron chi connectivity index (χ2n) is 4.33. The van der Waals surface area contributed by atoms with Crippen LogP contribution >= 0.6 is 0 Å². The number of nitrogens with zero attached hydrogens (tertiary/aromatic N) is 2. The van der Waals surface area contributed by atoms with E-state index >= 15 is 0 Å². The van der Waals surface area contributed by atoms with Crippen molar-refractivity contribution in [3.63, 3.8) is 0 Å². The minimum Gasteiger partial charge on any atom is -0.335 e. The van der Waals surface area contributed by atoms with Crippen LogP contribution in [0.2, 0.25) is 0 Å². The molecule has 0 bridgehead atoms. The van der Waals surface area contributed by atoms with Gasteiger partial charge in [-0.25, -0.2) is 4.98 Å². The lowest BCUT2D eigenvalue weighted by atomic mass is 10.2. The number of rotatable bonds is 7. The molecule has 0 aliphatic carbocycles. The van der Waals surface area contributed by atoms with Gasteiger partial charge in [-0.3, -0.25) is 0 Å². The smallest absolute Gasteiger partial charge is 0.108 e. The summed E-state index contributed by atoms with van der Waals surface area (Å²) in [5, 5.41) is 3.45. The Labute approximate surface area is 92.9 Å². The summed E-state index contributed by atoms with van der Waals surface area (Å²) in [6.45, 7) is 9.85. The van der Waals surface area contributed by atoms with Crippen LogP contribution in [0, 0.1) is 5.92 Å². The zero-order valence-corrected chi connectivity index (χ0v) is 10.2. The fraction of sp³-hybridized carbons (Fsp3) is 0.750. The first-order valence-electron chi connectivity index (χ1n) is 5.94. The topological polar surface area (TPSA) is 29.9 Å². The average Bonchev–Trinajstić information content (AvgIpc) is 2.64. The van der Waals surface area contributed by atoms with Gasteiger partial charge in [-0.05, 0) is 32.4 Å². The van der Waals surface area contributed by atoms with E-state index in [1.54, 1.807) is 0 Å². The lowest BCUT2D eigenvalue weighted by molar-refractivity contribution is 0.537. The van der Waals surface area contributed by atoms with Gasteiger partial charge >= 0.3 is 0 Å². The molecular formula is C12H23N3. The highest BCUT2D eigenvalue weighted by Crippen LogP contribution is 2.00. The van der Waals surface area contributed by atoms with Gasteiger partial charge in [0.15, 0.2) is 0 Å². The van der Waals surface area contributed by atoms with Gasteiger partial charge in [-0.15, -0.1) is 0 Å². The molecule has 0 unspecified atom stereocenters. The van der Waals surface area contributed by atoms with Crippen molar-refractivity contribution < 1.29 is 0 Å². The van der Waals surface area contributed by atoms with Crippen LogP contribution in [0.5, 0.6) is 0 Å². The standard InChI is InChI=1S/C12H23N3/c1-4-15-9-8-14-12(15)6-5-7-13-10-11(2)3/h8-9,11,13H,4-7,10H2,1-3H3. The van der Waals surface area contributed by atoms with Gasteiger partial charge < -0.3 is 9.88 Å². The van der Waals surface area contributed by atoms with E-state index in [1.807, 2.05) is 6.20 Å². The summed E-state index contributed by atoms with van der Waals surface area (Å²) >= 11 is 0. The maximum Gasteiger partial charge on any atom is 0.108 e. The van der Waals surface area contributed by atoms with E-state index in [9.17, 15) is 0 Å². The van der Waals surface area contributed by atoms with E-state index in [4.69, 9.17) is 0 Å². The minimum atomic E-state index is 0.739. The average molecular weight is 209 g/mol. The summed E-state index contributed by atoms with van der Waals surface area (Å²) in [5.74, 6) is 1.95. The van der Waals surface area contributed by atoms with E-state index in [1.165, 1.54) is 12.2 Å². The Morgan fingerprint density at radius 3 is 2.93 bits per heavy atom. The van der Waals surface area contributed by atoms with Crippen LogP contribution in [0.4, 0.5) is 0 Å². The maximum absolute atomic E-state index is 4.35. The van der Waals surface area contributed by atoms with Crippen LogP contribution in [0.15, 0.2) is 12.4 Å².